The number of nitrogens with one attached hydrogen (secondary N) is 3. The van der Waals surface area contributed by atoms with Crippen molar-refractivity contribution in [3.05, 3.63) is 89.3 Å². The van der Waals surface area contributed by atoms with E-state index in [1.54, 1.807) is 6.20 Å². The quantitative estimate of drug-likeness (QED) is 0.309. The summed E-state index contributed by atoms with van der Waals surface area (Å²) in [5.74, 6) is 0. The molecule has 148 valence electrons. The number of aromatic nitrogens is 3. The Balaban J connectivity index is 1.41. The number of H-pyrrole nitrogens is 1. The van der Waals surface area contributed by atoms with Gasteiger partial charge in [0.1, 0.15) is 5.65 Å². The van der Waals surface area contributed by atoms with Crippen LogP contribution in [0, 0.1) is 0 Å². The number of fused-ring (bicyclic) bond motifs is 2. The van der Waals surface area contributed by atoms with Crippen LogP contribution in [0.4, 0.5) is 16.2 Å². The number of urea groups is 1. The smallest absolute Gasteiger partial charge is 0.323 e. The van der Waals surface area contributed by atoms with Gasteiger partial charge in [0, 0.05) is 40.4 Å². The van der Waals surface area contributed by atoms with Gasteiger partial charge in [-0.2, -0.15) is 0 Å². The number of rotatable bonds is 4. The maximum Gasteiger partial charge on any atom is 0.323 e. The Hall–Kier alpha value is -3.58. The molecule has 5 rings (SSSR count). The summed E-state index contributed by atoms with van der Waals surface area (Å²) in [6, 6.07) is 19.2. The van der Waals surface area contributed by atoms with E-state index >= 15 is 0 Å². The van der Waals surface area contributed by atoms with Gasteiger partial charge in [-0.15, -0.1) is 0 Å². The van der Waals surface area contributed by atoms with E-state index < -0.39 is 0 Å². The third kappa shape index (κ3) is 3.44. The molecule has 7 heteroatoms. The van der Waals surface area contributed by atoms with Crippen LogP contribution in [0.3, 0.4) is 0 Å². The molecule has 0 aliphatic rings. The van der Waals surface area contributed by atoms with Crippen LogP contribution in [0.1, 0.15) is 5.56 Å². The molecule has 0 unspecified atom stereocenters. The highest BCUT2D eigenvalue weighted by Gasteiger charge is 2.11. The molecule has 0 radical (unpaired) electrons. The van der Waals surface area contributed by atoms with Crippen molar-refractivity contribution in [1.29, 1.82) is 0 Å². The highest BCUT2D eigenvalue weighted by molar-refractivity contribution is 9.10. The second-order valence-electron chi connectivity index (χ2n) is 6.95. The number of hydrogen-bond donors (Lipinski definition) is 3. The first-order valence-corrected chi connectivity index (χ1v) is 10.3. The number of nitrogens with zero attached hydrogens (tertiary/aromatic N) is 2. The maximum absolute atomic E-state index is 12.5. The van der Waals surface area contributed by atoms with E-state index in [-0.39, 0.29) is 6.03 Å². The van der Waals surface area contributed by atoms with E-state index in [0.717, 1.165) is 32.1 Å². The van der Waals surface area contributed by atoms with E-state index in [0.29, 0.717) is 12.2 Å². The highest BCUT2D eigenvalue weighted by Crippen LogP contribution is 2.27. The fraction of sp³-hybridized carbons (Fsp3) is 0.0435. The number of carbonyl (C=O) groups is 1. The number of halogens is 1. The molecule has 0 fully saturated rings. The van der Waals surface area contributed by atoms with Crippen LogP contribution in [-0.2, 0) is 6.54 Å². The monoisotopic (exact) mass is 459 g/mol. The Kier molecular flexibility index (Phi) is 4.72. The number of pyridine rings is 1. The van der Waals surface area contributed by atoms with Gasteiger partial charge in [0.05, 0.1) is 16.9 Å². The Morgan fingerprint density at radius 3 is 2.70 bits per heavy atom. The second-order valence-corrected chi connectivity index (χ2v) is 7.81. The number of benzene rings is 2. The lowest BCUT2D eigenvalue weighted by atomic mass is 10.2. The van der Waals surface area contributed by atoms with Gasteiger partial charge < -0.3 is 20.2 Å². The average Bonchev–Trinajstić information content (AvgIpc) is 3.35. The topological polar surface area (TPSA) is 74.7 Å². The second kappa shape index (κ2) is 7.68. The zero-order chi connectivity index (χ0) is 20.5. The number of amides is 2. The molecule has 0 aliphatic heterocycles. The summed E-state index contributed by atoms with van der Waals surface area (Å²) in [5, 5.41) is 7.93. The molecule has 0 atom stereocenters. The standard InChI is InChI=1S/C23H18BrN5O/c24-18-6-1-2-7-20(18)28-23(30)27-19-8-3-9-21-17(19)10-12-29(21)14-15-13-26-22-16(15)5-4-11-25-22/h1-13H,14H2,(H,25,26)(H2,27,28,30). The molecule has 0 bridgehead atoms. The van der Waals surface area contributed by atoms with Gasteiger partial charge in [-0.05, 0) is 64.0 Å². The van der Waals surface area contributed by atoms with Crippen molar-refractivity contribution >= 4 is 55.3 Å². The molecule has 30 heavy (non-hydrogen) atoms. The molecule has 3 heterocycles. The summed E-state index contributed by atoms with van der Waals surface area (Å²) in [6.07, 6.45) is 5.82. The lowest BCUT2D eigenvalue weighted by molar-refractivity contribution is 0.262. The van der Waals surface area contributed by atoms with Gasteiger partial charge in [0.25, 0.3) is 0 Å². The molecule has 6 nitrogen and oxygen atoms in total. The molecule has 0 saturated heterocycles. The van der Waals surface area contributed by atoms with Crippen LogP contribution < -0.4 is 10.6 Å². The molecule has 5 aromatic rings. The van der Waals surface area contributed by atoms with E-state index in [9.17, 15) is 4.79 Å². The lowest BCUT2D eigenvalue weighted by Crippen LogP contribution is -2.19. The van der Waals surface area contributed by atoms with E-state index in [2.05, 4.69) is 53.2 Å². The van der Waals surface area contributed by atoms with Crippen LogP contribution in [0.25, 0.3) is 21.9 Å². The third-order valence-corrected chi connectivity index (χ3v) is 5.75. The molecule has 2 aromatic carbocycles. The zero-order valence-electron chi connectivity index (χ0n) is 15.9. The first-order valence-electron chi connectivity index (χ1n) is 9.50. The van der Waals surface area contributed by atoms with Crippen LogP contribution >= 0.6 is 15.9 Å². The molecule has 0 spiro atoms. The minimum Gasteiger partial charge on any atom is -0.346 e. The fourth-order valence-electron chi connectivity index (χ4n) is 3.64. The summed E-state index contributed by atoms with van der Waals surface area (Å²) < 4.78 is 3.00. The van der Waals surface area contributed by atoms with Crippen LogP contribution in [-0.4, -0.2) is 20.6 Å². The van der Waals surface area contributed by atoms with Gasteiger partial charge in [-0.1, -0.05) is 18.2 Å². The van der Waals surface area contributed by atoms with Crippen LogP contribution in [0.15, 0.2) is 83.7 Å². The lowest BCUT2D eigenvalue weighted by Gasteiger charge is -2.11. The summed E-state index contributed by atoms with van der Waals surface area (Å²) in [4.78, 5) is 20.1. The Morgan fingerprint density at radius 2 is 1.80 bits per heavy atom. The highest BCUT2D eigenvalue weighted by atomic mass is 79.9. The van der Waals surface area contributed by atoms with E-state index in [1.165, 1.54) is 5.56 Å². The minimum atomic E-state index is -0.287. The number of carbonyl (C=O) groups excluding carboxylic acids is 1. The van der Waals surface area contributed by atoms with Crippen LogP contribution in [0.2, 0.25) is 0 Å². The van der Waals surface area contributed by atoms with Crippen molar-refractivity contribution in [2.24, 2.45) is 0 Å². The predicted molar refractivity (Wildman–Crippen MR) is 124 cm³/mol. The Bertz CT molecular complexity index is 1370. The van der Waals surface area contributed by atoms with Crippen molar-refractivity contribution in [1.82, 2.24) is 14.5 Å². The maximum atomic E-state index is 12.5. The first-order chi connectivity index (χ1) is 14.7. The largest absolute Gasteiger partial charge is 0.346 e. The van der Waals surface area contributed by atoms with Crippen molar-refractivity contribution in [2.45, 2.75) is 6.54 Å². The van der Waals surface area contributed by atoms with Crippen molar-refractivity contribution in [3.63, 3.8) is 0 Å². The number of aromatic amines is 1. The molecular formula is C23H18BrN5O. The fourth-order valence-corrected chi connectivity index (χ4v) is 4.02. The molecule has 2 amide bonds. The summed E-state index contributed by atoms with van der Waals surface area (Å²) in [7, 11) is 0. The summed E-state index contributed by atoms with van der Waals surface area (Å²) in [5.41, 5.74) is 4.58. The van der Waals surface area contributed by atoms with Gasteiger partial charge in [-0.25, -0.2) is 9.78 Å². The Labute approximate surface area is 181 Å². The number of para-hydroxylation sites is 1. The van der Waals surface area contributed by atoms with E-state index in [4.69, 9.17) is 0 Å². The molecule has 3 N–H and O–H groups in total. The van der Waals surface area contributed by atoms with Crippen molar-refractivity contribution < 1.29 is 4.79 Å². The average molecular weight is 460 g/mol. The normalized spacial score (nSPS) is 11.1. The molecule has 0 aliphatic carbocycles. The van der Waals surface area contributed by atoms with Crippen molar-refractivity contribution in [3.8, 4) is 0 Å². The van der Waals surface area contributed by atoms with Gasteiger partial charge in [-0.3, -0.25) is 0 Å². The zero-order valence-corrected chi connectivity index (χ0v) is 17.5. The molecule has 3 aromatic heterocycles. The molecule has 0 saturated carbocycles. The van der Waals surface area contributed by atoms with Crippen molar-refractivity contribution in [2.75, 3.05) is 10.6 Å². The van der Waals surface area contributed by atoms with Crippen LogP contribution in [0.5, 0.6) is 0 Å². The molecular weight excluding hydrogens is 442 g/mol. The Morgan fingerprint density at radius 1 is 0.967 bits per heavy atom. The third-order valence-electron chi connectivity index (χ3n) is 5.06. The SMILES string of the molecule is O=C(Nc1ccccc1Br)Nc1cccc2c1ccn2Cc1c[nH]c2ncccc12. The number of anilines is 2. The summed E-state index contributed by atoms with van der Waals surface area (Å²) in [6.45, 7) is 0.710. The van der Waals surface area contributed by atoms with Gasteiger partial charge in [0.15, 0.2) is 0 Å². The van der Waals surface area contributed by atoms with E-state index in [1.807, 2.05) is 60.9 Å². The summed E-state index contributed by atoms with van der Waals surface area (Å²) >= 11 is 3.45. The first kappa shape index (κ1) is 18.4. The predicted octanol–water partition coefficient (Wildman–Crippen LogP) is 5.97. The minimum absolute atomic E-state index is 0.287. The van der Waals surface area contributed by atoms with Gasteiger partial charge >= 0.3 is 6.03 Å². The van der Waals surface area contributed by atoms with Gasteiger partial charge in [0.2, 0.25) is 0 Å². The number of hydrogen-bond acceptors (Lipinski definition) is 2.